The predicted octanol–water partition coefficient (Wildman–Crippen LogP) is 3.26. The molecule has 2 unspecified atom stereocenters. The van der Waals surface area contributed by atoms with Gasteiger partial charge in [0, 0.05) is 19.1 Å². The van der Waals surface area contributed by atoms with Crippen LogP contribution < -0.4 is 5.73 Å². The van der Waals surface area contributed by atoms with E-state index >= 15 is 0 Å². The van der Waals surface area contributed by atoms with Crippen molar-refractivity contribution in [1.82, 2.24) is 4.90 Å². The van der Waals surface area contributed by atoms with Gasteiger partial charge in [0.2, 0.25) is 0 Å². The maximum Gasteiger partial charge on any atom is 0.0221 e. The van der Waals surface area contributed by atoms with E-state index < -0.39 is 0 Å². The van der Waals surface area contributed by atoms with Crippen LogP contribution in [-0.4, -0.2) is 30.6 Å². The second kappa shape index (κ2) is 6.91. The highest BCUT2D eigenvalue weighted by Gasteiger charge is 2.30. The molecule has 2 aliphatic rings. The van der Waals surface area contributed by atoms with Crippen molar-refractivity contribution < 1.29 is 0 Å². The molecule has 0 aromatic carbocycles. The van der Waals surface area contributed by atoms with Crippen LogP contribution >= 0.6 is 0 Å². The van der Waals surface area contributed by atoms with E-state index in [0.717, 1.165) is 24.3 Å². The molecular formula is C16H32N2. The van der Waals surface area contributed by atoms with Gasteiger partial charge in [-0.2, -0.15) is 0 Å². The monoisotopic (exact) mass is 252 g/mol. The summed E-state index contributed by atoms with van der Waals surface area (Å²) < 4.78 is 0. The summed E-state index contributed by atoms with van der Waals surface area (Å²) in [5, 5.41) is 0. The molecule has 1 aliphatic carbocycles. The zero-order valence-corrected chi connectivity index (χ0v) is 12.4. The summed E-state index contributed by atoms with van der Waals surface area (Å²) in [6, 6.07) is 0.664. The second-order valence-electron chi connectivity index (χ2n) is 6.92. The number of hydrogen-bond donors (Lipinski definition) is 1. The molecule has 0 aromatic heterocycles. The molecule has 106 valence electrons. The van der Waals surface area contributed by atoms with Crippen LogP contribution in [0.1, 0.15) is 58.8 Å². The Hall–Kier alpha value is -0.0800. The fourth-order valence-electron chi connectivity index (χ4n) is 3.89. The molecule has 1 aliphatic heterocycles. The highest BCUT2D eigenvalue weighted by atomic mass is 15.2. The topological polar surface area (TPSA) is 29.3 Å². The van der Waals surface area contributed by atoms with Crippen molar-refractivity contribution in [2.45, 2.75) is 64.8 Å². The summed E-state index contributed by atoms with van der Waals surface area (Å²) >= 11 is 0. The molecule has 0 amide bonds. The maximum atomic E-state index is 6.05. The number of rotatable bonds is 5. The fraction of sp³-hybridized carbons (Fsp3) is 1.00. The first kappa shape index (κ1) is 14.3. The number of nitrogens with two attached hydrogens (primary N) is 1. The summed E-state index contributed by atoms with van der Waals surface area (Å²) in [5.74, 6) is 2.71. The van der Waals surface area contributed by atoms with E-state index in [4.69, 9.17) is 5.73 Å². The van der Waals surface area contributed by atoms with Gasteiger partial charge >= 0.3 is 0 Å². The Morgan fingerprint density at radius 3 is 2.39 bits per heavy atom. The lowest BCUT2D eigenvalue weighted by atomic mass is 9.84. The Labute approximate surface area is 113 Å². The van der Waals surface area contributed by atoms with E-state index in [2.05, 4.69) is 18.7 Å². The first-order valence-electron chi connectivity index (χ1n) is 8.14. The van der Waals surface area contributed by atoms with Gasteiger partial charge in [0.05, 0.1) is 0 Å². The molecule has 2 N–H and O–H groups in total. The minimum absolute atomic E-state index is 0.664. The number of hydrogen-bond acceptors (Lipinski definition) is 2. The Morgan fingerprint density at radius 1 is 1.11 bits per heavy atom. The Balaban J connectivity index is 1.81. The molecule has 0 bridgehead atoms. The molecule has 0 aromatic rings. The van der Waals surface area contributed by atoms with E-state index in [0.29, 0.717) is 6.04 Å². The highest BCUT2D eigenvalue weighted by Crippen LogP contribution is 2.31. The fourth-order valence-corrected chi connectivity index (χ4v) is 3.89. The van der Waals surface area contributed by atoms with Crippen molar-refractivity contribution in [2.75, 3.05) is 19.6 Å². The molecule has 0 spiro atoms. The van der Waals surface area contributed by atoms with Crippen LogP contribution in [0.15, 0.2) is 0 Å². The molecule has 2 rings (SSSR count). The molecule has 0 radical (unpaired) electrons. The van der Waals surface area contributed by atoms with Gasteiger partial charge < -0.3 is 5.73 Å². The van der Waals surface area contributed by atoms with Crippen molar-refractivity contribution >= 4 is 0 Å². The van der Waals surface area contributed by atoms with Gasteiger partial charge in [0.1, 0.15) is 0 Å². The molecule has 2 atom stereocenters. The van der Waals surface area contributed by atoms with Crippen molar-refractivity contribution in [3.8, 4) is 0 Å². The number of likely N-dealkylation sites (tertiary alicyclic amines) is 1. The van der Waals surface area contributed by atoms with Crippen molar-refractivity contribution in [1.29, 1.82) is 0 Å². The molecule has 1 heterocycles. The molecule has 2 nitrogen and oxygen atoms in total. The van der Waals surface area contributed by atoms with E-state index in [1.807, 2.05) is 0 Å². The Kier molecular flexibility index (Phi) is 5.50. The van der Waals surface area contributed by atoms with Gasteiger partial charge in [-0.05, 0) is 37.1 Å². The van der Waals surface area contributed by atoms with Crippen LogP contribution in [0.25, 0.3) is 0 Å². The van der Waals surface area contributed by atoms with Gasteiger partial charge in [0.15, 0.2) is 0 Å². The van der Waals surface area contributed by atoms with Crippen LogP contribution in [0.4, 0.5) is 0 Å². The lowest BCUT2D eigenvalue weighted by Gasteiger charge is -2.32. The quantitative estimate of drug-likeness (QED) is 0.814. The third kappa shape index (κ3) is 3.71. The standard InChI is InChI=1S/C16H32N2/c1-13(2)15-8-9-18(12-15)16(11-17)10-14-6-4-3-5-7-14/h13-16H,3-12,17H2,1-2H3. The largest absolute Gasteiger partial charge is 0.329 e. The second-order valence-corrected chi connectivity index (χ2v) is 6.92. The van der Waals surface area contributed by atoms with Crippen LogP contribution in [0.5, 0.6) is 0 Å². The lowest BCUT2D eigenvalue weighted by Crippen LogP contribution is -2.41. The van der Waals surface area contributed by atoms with Gasteiger partial charge in [-0.15, -0.1) is 0 Å². The van der Waals surface area contributed by atoms with Gasteiger partial charge in [-0.1, -0.05) is 46.0 Å². The van der Waals surface area contributed by atoms with Gasteiger partial charge in [-0.3, -0.25) is 4.90 Å². The van der Waals surface area contributed by atoms with Crippen LogP contribution in [0, 0.1) is 17.8 Å². The average molecular weight is 252 g/mol. The summed E-state index contributed by atoms with van der Waals surface area (Å²) in [6.07, 6.45) is 10.0. The van der Waals surface area contributed by atoms with Crippen molar-refractivity contribution in [3.63, 3.8) is 0 Å². The Morgan fingerprint density at radius 2 is 1.83 bits per heavy atom. The zero-order chi connectivity index (χ0) is 13.0. The smallest absolute Gasteiger partial charge is 0.0221 e. The van der Waals surface area contributed by atoms with E-state index in [-0.39, 0.29) is 0 Å². The predicted molar refractivity (Wildman–Crippen MR) is 78.6 cm³/mol. The minimum atomic E-state index is 0.664. The average Bonchev–Trinajstić information content (AvgIpc) is 2.87. The van der Waals surface area contributed by atoms with Crippen molar-refractivity contribution in [3.05, 3.63) is 0 Å². The highest BCUT2D eigenvalue weighted by molar-refractivity contribution is 4.85. The Bertz CT molecular complexity index is 233. The molecule has 2 fully saturated rings. The van der Waals surface area contributed by atoms with Crippen LogP contribution in [-0.2, 0) is 0 Å². The summed E-state index contributed by atoms with van der Waals surface area (Å²) in [4.78, 5) is 2.69. The van der Waals surface area contributed by atoms with E-state index in [1.165, 1.54) is 58.0 Å². The normalized spacial score (nSPS) is 29.0. The lowest BCUT2D eigenvalue weighted by molar-refractivity contribution is 0.181. The van der Waals surface area contributed by atoms with Gasteiger partial charge in [-0.25, -0.2) is 0 Å². The summed E-state index contributed by atoms with van der Waals surface area (Å²) in [7, 11) is 0. The van der Waals surface area contributed by atoms with Crippen molar-refractivity contribution in [2.24, 2.45) is 23.5 Å². The summed E-state index contributed by atoms with van der Waals surface area (Å²) in [6.45, 7) is 8.19. The molecule has 1 saturated heterocycles. The number of nitrogens with zero attached hydrogens (tertiary/aromatic N) is 1. The minimum Gasteiger partial charge on any atom is -0.329 e. The molecular weight excluding hydrogens is 220 g/mol. The third-order valence-electron chi connectivity index (χ3n) is 5.32. The van der Waals surface area contributed by atoms with Gasteiger partial charge in [0.25, 0.3) is 0 Å². The van der Waals surface area contributed by atoms with E-state index in [1.54, 1.807) is 0 Å². The maximum absolute atomic E-state index is 6.05. The third-order valence-corrected chi connectivity index (χ3v) is 5.32. The molecule has 1 saturated carbocycles. The molecule has 2 heteroatoms. The first-order valence-corrected chi connectivity index (χ1v) is 8.14. The first-order chi connectivity index (χ1) is 8.70. The van der Waals surface area contributed by atoms with E-state index in [9.17, 15) is 0 Å². The van der Waals surface area contributed by atoms with Crippen LogP contribution in [0.2, 0.25) is 0 Å². The zero-order valence-electron chi connectivity index (χ0n) is 12.4. The van der Waals surface area contributed by atoms with Crippen LogP contribution in [0.3, 0.4) is 0 Å². The summed E-state index contributed by atoms with van der Waals surface area (Å²) in [5.41, 5.74) is 6.05. The SMILES string of the molecule is CC(C)C1CCN(C(CN)CC2CCCCC2)C1. The molecule has 18 heavy (non-hydrogen) atoms.